The molecular formula is C25H25N3O3. The summed E-state index contributed by atoms with van der Waals surface area (Å²) in [6, 6.07) is 18.6. The molecule has 1 aromatic heterocycles. The van der Waals surface area contributed by atoms with E-state index in [-0.39, 0.29) is 18.6 Å². The van der Waals surface area contributed by atoms with Crippen LogP contribution in [-0.4, -0.2) is 51.3 Å². The first-order valence-electron chi connectivity index (χ1n) is 10.7. The lowest BCUT2D eigenvalue weighted by molar-refractivity contribution is -0.0295. The van der Waals surface area contributed by atoms with Crippen LogP contribution < -0.4 is 0 Å². The van der Waals surface area contributed by atoms with Gasteiger partial charge in [0.2, 0.25) is 0 Å². The van der Waals surface area contributed by atoms with Crippen molar-refractivity contribution in [3.63, 3.8) is 0 Å². The molecule has 2 aromatic carbocycles. The predicted molar refractivity (Wildman–Crippen MR) is 119 cm³/mol. The minimum Gasteiger partial charge on any atom is -0.394 e. The van der Waals surface area contributed by atoms with E-state index in [1.54, 1.807) is 6.33 Å². The van der Waals surface area contributed by atoms with Crippen LogP contribution in [0.2, 0.25) is 0 Å². The quantitative estimate of drug-likeness (QED) is 0.675. The number of benzene rings is 2. The minimum absolute atomic E-state index is 0.00552. The maximum atomic E-state index is 10.2. The Balaban J connectivity index is 1.49. The Hall–Kier alpha value is -2.93. The molecule has 2 aliphatic heterocycles. The Labute approximate surface area is 181 Å². The van der Waals surface area contributed by atoms with Crippen LogP contribution in [0.4, 0.5) is 5.69 Å². The summed E-state index contributed by atoms with van der Waals surface area (Å²) in [6.07, 6.45) is 4.22. The summed E-state index contributed by atoms with van der Waals surface area (Å²) in [5, 5.41) is 19.7. The third-order valence-electron chi connectivity index (χ3n) is 6.18. The van der Waals surface area contributed by atoms with E-state index >= 15 is 0 Å². The van der Waals surface area contributed by atoms with Crippen molar-refractivity contribution in [1.29, 1.82) is 0 Å². The van der Waals surface area contributed by atoms with Crippen molar-refractivity contribution in [2.24, 2.45) is 4.99 Å². The van der Waals surface area contributed by atoms with Gasteiger partial charge in [-0.1, -0.05) is 54.6 Å². The molecule has 0 amide bonds. The molecule has 158 valence electrons. The van der Waals surface area contributed by atoms with E-state index < -0.39 is 12.2 Å². The van der Waals surface area contributed by atoms with Gasteiger partial charge in [0.15, 0.2) is 0 Å². The van der Waals surface area contributed by atoms with Gasteiger partial charge in [0.25, 0.3) is 0 Å². The van der Waals surface area contributed by atoms with Crippen molar-refractivity contribution in [2.75, 3.05) is 6.61 Å². The molecule has 2 aliphatic rings. The van der Waals surface area contributed by atoms with E-state index in [2.05, 4.69) is 46.4 Å². The SMILES string of the molecule is OC[C@H]1O[C@@H](C2CCC=Nc3c(-c4ccc(-c5ccccc5)cc4)ncnc32)C[C@@H]1O. The Bertz CT molecular complexity index is 1070. The molecule has 6 heteroatoms. The van der Waals surface area contributed by atoms with Crippen LogP contribution in [0.1, 0.15) is 30.9 Å². The Morgan fingerprint density at radius 1 is 0.935 bits per heavy atom. The van der Waals surface area contributed by atoms with E-state index in [4.69, 9.17) is 9.73 Å². The van der Waals surface area contributed by atoms with Gasteiger partial charge in [-0.25, -0.2) is 9.97 Å². The average molecular weight is 415 g/mol. The average Bonchev–Trinajstić information content (AvgIpc) is 3.06. The van der Waals surface area contributed by atoms with Gasteiger partial charge in [-0.2, -0.15) is 0 Å². The number of aliphatic hydroxyl groups excluding tert-OH is 2. The van der Waals surface area contributed by atoms with Crippen molar-refractivity contribution in [1.82, 2.24) is 9.97 Å². The maximum absolute atomic E-state index is 10.2. The molecule has 5 rings (SSSR count). The highest BCUT2D eigenvalue weighted by Crippen LogP contribution is 2.42. The van der Waals surface area contributed by atoms with Crippen LogP contribution in [0.25, 0.3) is 22.4 Å². The van der Waals surface area contributed by atoms with Crippen molar-refractivity contribution in [3.05, 3.63) is 66.6 Å². The van der Waals surface area contributed by atoms with Gasteiger partial charge in [0.05, 0.1) is 30.2 Å². The Morgan fingerprint density at radius 2 is 1.68 bits per heavy atom. The molecule has 1 fully saturated rings. The highest BCUT2D eigenvalue weighted by Gasteiger charge is 2.40. The van der Waals surface area contributed by atoms with Gasteiger partial charge < -0.3 is 14.9 Å². The lowest BCUT2D eigenvalue weighted by atomic mass is 9.89. The second-order valence-electron chi connectivity index (χ2n) is 8.09. The van der Waals surface area contributed by atoms with E-state index in [1.165, 1.54) is 5.56 Å². The van der Waals surface area contributed by atoms with E-state index in [9.17, 15) is 10.2 Å². The molecule has 0 aliphatic carbocycles. The Morgan fingerprint density at radius 3 is 2.42 bits per heavy atom. The number of aliphatic hydroxyl groups is 2. The van der Waals surface area contributed by atoms with E-state index in [1.807, 2.05) is 24.4 Å². The summed E-state index contributed by atoms with van der Waals surface area (Å²) in [5.74, 6) is -0.00552. The van der Waals surface area contributed by atoms with Gasteiger partial charge in [0, 0.05) is 24.1 Å². The van der Waals surface area contributed by atoms with Gasteiger partial charge in [-0.3, -0.25) is 4.99 Å². The molecule has 31 heavy (non-hydrogen) atoms. The van der Waals surface area contributed by atoms with Crippen molar-refractivity contribution in [2.45, 2.75) is 43.5 Å². The Kier molecular flexibility index (Phi) is 5.59. The summed E-state index contributed by atoms with van der Waals surface area (Å²) < 4.78 is 5.97. The first kappa shape index (κ1) is 20.0. The summed E-state index contributed by atoms with van der Waals surface area (Å²) >= 11 is 0. The van der Waals surface area contributed by atoms with Crippen LogP contribution >= 0.6 is 0 Å². The third kappa shape index (κ3) is 3.90. The van der Waals surface area contributed by atoms with E-state index in [0.29, 0.717) is 6.42 Å². The molecule has 2 N–H and O–H groups in total. The van der Waals surface area contributed by atoms with Crippen LogP contribution in [0.15, 0.2) is 65.9 Å². The standard InChI is InChI=1S/C25H25N3O3/c29-14-22-20(30)13-21(31-22)19-7-4-12-26-25-23(27-15-28-24(19)25)18-10-8-17(9-11-18)16-5-2-1-3-6-16/h1-3,5-6,8-12,15,19-22,29-30H,4,7,13-14H2/t19?,20-,21+,22+/m0/s1. The normalized spacial score (nSPS) is 25.2. The fraction of sp³-hybridized carbons (Fsp3) is 0.320. The summed E-state index contributed by atoms with van der Waals surface area (Å²) in [7, 11) is 0. The number of ether oxygens (including phenoxy) is 1. The van der Waals surface area contributed by atoms with Crippen molar-refractivity contribution >= 4 is 11.9 Å². The molecule has 0 spiro atoms. The molecule has 1 saturated heterocycles. The van der Waals surface area contributed by atoms with E-state index in [0.717, 1.165) is 41.0 Å². The van der Waals surface area contributed by atoms with Crippen LogP contribution in [0.3, 0.4) is 0 Å². The number of hydrogen-bond acceptors (Lipinski definition) is 6. The van der Waals surface area contributed by atoms with Gasteiger partial charge in [-0.05, 0) is 24.0 Å². The number of nitrogens with zero attached hydrogens (tertiary/aromatic N) is 3. The number of hydrogen-bond donors (Lipinski definition) is 2. The first-order valence-corrected chi connectivity index (χ1v) is 10.7. The zero-order chi connectivity index (χ0) is 21.2. The number of aliphatic imine (C=N–C) groups is 1. The predicted octanol–water partition coefficient (Wildman–Crippen LogP) is 3.90. The molecule has 4 atom stereocenters. The first-order chi connectivity index (χ1) is 15.2. The zero-order valence-corrected chi connectivity index (χ0v) is 17.1. The summed E-state index contributed by atoms with van der Waals surface area (Å²) in [4.78, 5) is 13.8. The van der Waals surface area contributed by atoms with Gasteiger partial charge >= 0.3 is 0 Å². The highest BCUT2D eigenvalue weighted by atomic mass is 16.5. The summed E-state index contributed by atoms with van der Waals surface area (Å²) in [6.45, 7) is -0.184. The number of fused-ring (bicyclic) bond motifs is 1. The lowest BCUT2D eigenvalue weighted by Crippen LogP contribution is -2.25. The molecule has 6 nitrogen and oxygen atoms in total. The summed E-state index contributed by atoms with van der Waals surface area (Å²) in [5.41, 5.74) is 5.71. The highest BCUT2D eigenvalue weighted by molar-refractivity contribution is 5.80. The molecule has 3 aromatic rings. The molecule has 3 heterocycles. The molecule has 0 bridgehead atoms. The van der Waals surface area contributed by atoms with Crippen molar-refractivity contribution in [3.8, 4) is 22.4 Å². The number of rotatable bonds is 4. The number of aromatic nitrogens is 2. The van der Waals surface area contributed by atoms with Gasteiger partial charge in [-0.15, -0.1) is 0 Å². The smallest absolute Gasteiger partial charge is 0.116 e. The molecule has 0 saturated carbocycles. The van der Waals surface area contributed by atoms with Crippen LogP contribution in [0.5, 0.6) is 0 Å². The van der Waals surface area contributed by atoms with Crippen LogP contribution in [-0.2, 0) is 4.74 Å². The van der Waals surface area contributed by atoms with Crippen molar-refractivity contribution < 1.29 is 14.9 Å². The fourth-order valence-electron chi connectivity index (χ4n) is 4.55. The van der Waals surface area contributed by atoms with Crippen LogP contribution in [0, 0.1) is 0 Å². The maximum Gasteiger partial charge on any atom is 0.116 e. The molecular weight excluding hydrogens is 390 g/mol. The molecule has 1 unspecified atom stereocenters. The van der Waals surface area contributed by atoms with Gasteiger partial charge in [0.1, 0.15) is 18.1 Å². The second-order valence-corrected chi connectivity index (χ2v) is 8.09. The zero-order valence-electron chi connectivity index (χ0n) is 17.1. The largest absolute Gasteiger partial charge is 0.394 e. The third-order valence-corrected chi connectivity index (χ3v) is 6.18. The second kappa shape index (κ2) is 8.67. The lowest BCUT2D eigenvalue weighted by Gasteiger charge is -2.23. The fourth-order valence-corrected chi connectivity index (χ4v) is 4.55. The monoisotopic (exact) mass is 415 g/mol. The minimum atomic E-state index is -0.658. The molecule has 0 radical (unpaired) electrons. The topological polar surface area (TPSA) is 87.8 Å².